The molecule has 0 fully saturated rings. The molecule has 0 aliphatic carbocycles. The third-order valence-electron chi connectivity index (χ3n) is 2.39. The van der Waals surface area contributed by atoms with Crippen molar-refractivity contribution in [1.29, 1.82) is 0 Å². The van der Waals surface area contributed by atoms with Crippen LogP contribution < -0.4 is 10.5 Å². The molecule has 0 radical (unpaired) electrons. The Morgan fingerprint density at radius 3 is 2.67 bits per heavy atom. The number of hydrogen-bond acceptors (Lipinski definition) is 2. The van der Waals surface area contributed by atoms with Crippen LogP contribution in [0.1, 0.15) is 24.5 Å². The van der Waals surface area contributed by atoms with Crippen LogP contribution in [-0.4, -0.2) is 13.2 Å². The van der Waals surface area contributed by atoms with E-state index in [1.807, 2.05) is 26.0 Å². The van der Waals surface area contributed by atoms with Crippen molar-refractivity contribution in [2.45, 2.75) is 32.7 Å². The summed E-state index contributed by atoms with van der Waals surface area (Å²) in [5, 5.41) is 0.757. The smallest absolute Gasteiger partial charge is 0.125 e. The summed E-state index contributed by atoms with van der Waals surface area (Å²) in [5.41, 5.74) is 7.95. The van der Waals surface area contributed by atoms with Gasteiger partial charge in [-0.3, -0.25) is 0 Å². The quantitative estimate of drug-likeness (QED) is 0.859. The zero-order chi connectivity index (χ0) is 11.4. The largest absolute Gasteiger partial charge is 0.496 e. The molecule has 1 aromatic rings. The highest BCUT2D eigenvalue weighted by molar-refractivity contribution is 6.30. The molecule has 1 rings (SSSR count). The Labute approximate surface area is 96.4 Å². The van der Waals surface area contributed by atoms with Crippen LogP contribution in [-0.2, 0) is 6.42 Å². The lowest BCUT2D eigenvalue weighted by molar-refractivity contribution is 0.405. The first-order valence-corrected chi connectivity index (χ1v) is 5.51. The van der Waals surface area contributed by atoms with E-state index < -0.39 is 0 Å². The lowest BCUT2D eigenvalue weighted by Gasteiger charge is -2.13. The van der Waals surface area contributed by atoms with Gasteiger partial charge in [0, 0.05) is 11.1 Å². The molecule has 0 amide bonds. The predicted octanol–water partition coefficient (Wildman–Crippen LogP) is 2.94. The molecule has 0 bridgehead atoms. The molecule has 0 heterocycles. The summed E-state index contributed by atoms with van der Waals surface area (Å²) in [5.74, 6) is 0.931. The summed E-state index contributed by atoms with van der Waals surface area (Å²) in [7, 11) is 1.69. The van der Waals surface area contributed by atoms with Crippen LogP contribution >= 0.6 is 11.6 Å². The molecule has 1 atom stereocenters. The van der Waals surface area contributed by atoms with Gasteiger partial charge in [0.25, 0.3) is 0 Å². The first-order valence-electron chi connectivity index (χ1n) is 5.13. The fraction of sp³-hybridized carbons (Fsp3) is 0.500. The standard InChI is InChI=1S/C12H18ClNO/c1-8-6-11(13)7-10(12(8)15-3)5-4-9(2)14/h6-7,9H,4-5,14H2,1-3H3. The molecule has 3 heteroatoms. The normalized spacial score (nSPS) is 12.6. The fourth-order valence-electron chi connectivity index (χ4n) is 1.66. The van der Waals surface area contributed by atoms with Gasteiger partial charge in [-0.25, -0.2) is 0 Å². The zero-order valence-corrected chi connectivity index (χ0v) is 10.3. The maximum absolute atomic E-state index is 6.01. The molecule has 0 spiro atoms. The van der Waals surface area contributed by atoms with Crippen LogP contribution in [0.25, 0.3) is 0 Å². The van der Waals surface area contributed by atoms with E-state index in [-0.39, 0.29) is 6.04 Å². The van der Waals surface area contributed by atoms with Crippen molar-refractivity contribution in [1.82, 2.24) is 0 Å². The second-order valence-electron chi connectivity index (χ2n) is 3.93. The highest BCUT2D eigenvalue weighted by Crippen LogP contribution is 2.28. The molecule has 0 aliphatic rings. The summed E-state index contributed by atoms with van der Waals surface area (Å²) >= 11 is 6.01. The first kappa shape index (κ1) is 12.3. The molecule has 2 nitrogen and oxygen atoms in total. The Morgan fingerprint density at radius 2 is 2.13 bits per heavy atom. The van der Waals surface area contributed by atoms with E-state index in [9.17, 15) is 0 Å². The average molecular weight is 228 g/mol. The van der Waals surface area contributed by atoms with Gasteiger partial charge >= 0.3 is 0 Å². The summed E-state index contributed by atoms with van der Waals surface area (Å²) < 4.78 is 5.36. The summed E-state index contributed by atoms with van der Waals surface area (Å²) in [4.78, 5) is 0. The van der Waals surface area contributed by atoms with Gasteiger partial charge in [-0.2, -0.15) is 0 Å². The summed E-state index contributed by atoms with van der Waals surface area (Å²) in [6.07, 6.45) is 1.85. The molecule has 1 unspecified atom stereocenters. The number of aryl methyl sites for hydroxylation is 2. The van der Waals surface area contributed by atoms with Crippen molar-refractivity contribution in [2.75, 3.05) is 7.11 Å². The molecule has 0 aliphatic heterocycles. The minimum atomic E-state index is 0.203. The number of rotatable bonds is 4. The topological polar surface area (TPSA) is 35.2 Å². The molecule has 0 saturated carbocycles. The van der Waals surface area contributed by atoms with Gasteiger partial charge in [-0.1, -0.05) is 11.6 Å². The second kappa shape index (κ2) is 5.38. The Balaban J connectivity index is 2.93. The van der Waals surface area contributed by atoms with Crippen molar-refractivity contribution >= 4 is 11.6 Å². The minimum absolute atomic E-state index is 0.203. The SMILES string of the molecule is COc1c(C)cc(Cl)cc1CCC(C)N. The highest BCUT2D eigenvalue weighted by Gasteiger charge is 2.08. The van der Waals surface area contributed by atoms with E-state index in [1.165, 1.54) is 0 Å². The van der Waals surface area contributed by atoms with E-state index in [0.29, 0.717) is 0 Å². The molecule has 84 valence electrons. The maximum atomic E-state index is 6.01. The third kappa shape index (κ3) is 3.40. The van der Waals surface area contributed by atoms with Crippen LogP contribution in [0, 0.1) is 6.92 Å². The summed E-state index contributed by atoms with van der Waals surface area (Å²) in [6.45, 7) is 4.00. The number of methoxy groups -OCH3 is 1. The van der Waals surface area contributed by atoms with Crippen LogP contribution in [0.3, 0.4) is 0 Å². The number of nitrogens with two attached hydrogens (primary N) is 1. The molecular formula is C12H18ClNO. The van der Waals surface area contributed by atoms with Crippen molar-refractivity contribution < 1.29 is 4.74 Å². The monoisotopic (exact) mass is 227 g/mol. The van der Waals surface area contributed by atoms with Crippen LogP contribution in [0.4, 0.5) is 0 Å². The molecule has 1 aromatic carbocycles. The fourth-order valence-corrected chi connectivity index (χ4v) is 1.96. The molecule has 15 heavy (non-hydrogen) atoms. The molecule has 0 aromatic heterocycles. The van der Waals surface area contributed by atoms with Crippen molar-refractivity contribution in [3.63, 3.8) is 0 Å². The minimum Gasteiger partial charge on any atom is -0.496 e. The average Bonchev–Trinajstić information content (AvgIpc) is 2.13. The number of halogens is 1. The van der Waals surface area contributed by atoms with Crippen molar-refractivity contribution in [3.05, 3.63) is 28.3 Å². The van der Waals surface area contributed by atoms with Crippen LogP contribution in [0.2, 0.25) is 5.02 Å². The van der Waals surface area contributed by atoms with Crippen molar-refractivity contribution in [3.8, 4) is 5.75 Å². The van der Waals surface area contributed by atoms with E-state index in [4.69, 9.17) is 22.1 Å². The number of hydrogen-bond donors (Lipinski definition) is 1. The lowest BCUT2D eigenvalue weighted by Crippen LogP contribution is -2.15. The van der Waals surface area contributed by atoms with Crippen molar-refractivity contribution in [2.24, 2.45) is 5.73 Å². The van der Waals surface area contributed by atoms with Gasteiger partial charge in [0.1, 0.15) is 5.75 Å². The second-order valence-corrected chi connectivity index (χ2v) is 4.37. The van der Waals surface area contributed by atoms with Crippen LogP contribution in [0.15, 0.2) is 12.1 Å². The molecule has 0 saturated heterocycles. The predicted molar refractivity (Wildman–Crippen MR) is 64.7 cm³/mol. The van der Waals surface area contributed by atoms with E-state index in [0.717, 1.165) is 34.7 Å². The van der Waals surface area contributed by atoms with E-state index in [1.54, 1.807) is 7.11 Å². The maximum Gasteiger partial charge on any atom is 0.125 e. The summed E-state index contributed by atoms with van der Waals surface area (Å²) in [6, 6.07) is 4.07. The number of benzene rings is 1. The molecular weight excluding hydrogens is 210 g/mol. The lowest BCUT2D eigenvalue weighted by atomic mass is 10.0. The third-order valence-corrected chi connectivity index (χ3v) is 2.61. The van der Waals surface area contributed by atoms with Gasteiger partial charge in [0.15, 0.2) is 0 Å². The van der Waals surface area contributed by atoms with E-state index in [2.05, 4.69) is 0 Å². The Kier molecular flexibility index (Phi) is 4.43. The Morgan fingerprint density at radius 1 is 1.47 bits per heavy atom. The van der Waals surface area contributed by atoms with Crippen LogP contribution in [0.5, 0.6) is 5.75 Å². The molecule has 2 N–H and O–H groups in total. The Bertz CT molecular complexity index is 337. The zero-order valence-electron chi connectivity index (χ0n) is 9.51. The van der Waals surface area contributed by atoms with Gasteiger partial charge in [-0.05, 0) is 49.9 Å². The van der Waals surface area contributed by atoms with Gasteiger partial charge in [0.2, 0.25) is 0 Å². The highest BCUT2D eigenvalue weighted by atomic mass is 35.5. The van der Waals surface area contributed by atoms with E-state index >= 15 is 0 Å². The van der Waals surface area contributed by atoms with Gasteiger partial charge in [-0.15, -0.1) is 0 Å². The van der Waals surface area contributed by atoms with Gasteiger partial charge in [0.05, 0.1) is 7.11 Å². The first-order chi connectivity index (χ1) is 7.04. The van der Waals surface area contributed by atoms with Gasteiger partial charge < -0.3 is 10.5 Å². The number of ether oxygens (including phenoxy) is 1. The Hall–Kier alpha value is -0.730.